The minimum Gasteiger partial charge on any atom is -0.503 e. The molecule has 0 bridgehead atoms. The zero-order chi connectivity index (χ0) is 20.5. The van der Waals surface area contributed by atoms with Crippen LogP contribution in [-0.4, -0.2) is 30.7 Å². The highest BCUT2D eigenvalue weighted by Crippen LogP contribution is 2.35. The quantitative estimate of drug-likeness (QED) is 0.465. The molecule has 7 heteroatoms. The van der Waals surface area contributed by atoms with Gasteiger partial charge in [-0.1, -0.05) is 12.1 Å². The first-order valence-corrected chi connectivity index (χ1v) is 9.52. The molecule has 6 nitrogen and oxygen atoms in total. The highest BCUT2D eigenvalue weighted by Gasteiger charge is 2.08. The summed E-state index contributed by atoms with van der Waals surface area (Å²) in [4.78, 5) is 23.5. The molecule has 28 heavy (non-hydrogen) atoms. The Bertz CT molecular complexity index is 862. The van der Waals surface area contributed by atoms with Crippen LogP contribution in [0.5, 0.6) is 11.5 Å². The van der Waals surface area contributed by atoms with Crippen LogP contribution < -0.4 is 10.1 Å². The monoisotopic (exact) mass is 447 g/mol. The summed E-state index contributed by atoms with van der Waals surface area (Å²) < 4.78 is 10.5. The highest BCUT2D eigenvalue weighted by molar-refractivity contribution is 9.10. The van der Waals surface area contributed by atoms with Crippen LogP contribution in [0.15, 0.2) is 46.9 Å². The molecule has 0 unspecified atom stereocenters. The molecule has 0 aliphatic heterocycles. The summed E-state index contributed by atoms with van der Waals surface area (Å²) >= 11 is 3.24. The summed E-state index contributed by atoms with van der Waals surface area (Å²) in [5.41, 5.74) is 2.34. The molecule has 0 radical (unpaired) electrons. The van der Waals surface area contributed by atoms with Crippen LogP contribution in [0.4, 0.5) is 5.69 Å². The van der Waals surface area contributed by atoms with Crippen molar-refractivity contribution in [2.75, 3.05) is 19.0 Å². The summed E-state index contributed by atoms with van der Waals surface area (Å²) in [5.74, 6) is -0.190. The standard InChI is InChI=1S/C21H22BrNO5/c1-3-28-20(25)11-7-14-4-8-16(9-5-14)23-19(24)10-6-15-12-17(22)21(26)18(13-15)27-2/h4-6,8-10,12-13,26H,3,7,11H2,1-2H3,(H,23,24)/b10-6+. The van der Waals surface area contributed by atoms with E-state index >= 15 is 0 Å². The molecular formula is C21H22BrNO5. The topological polar surface area (TPSA) is 84.9 Å². The predicted molar refractivity (Wildman–Crippen MR) is 111 cm³/mol. The number of esters is 1. The van der Waals surface area contributed by atoms with Crippen LogP contribution in [0.2, 0.25) is 0 Å². The lowest BCUT2D eigenvalue weighted by molar-refractivity contribution is -0.143. The van der Waals surface area contributed by atoms with E-state index in [0.29, 0.717) is 40.9 Å². The minimum atomic E-state index is -0.289. The first kappa shape index (κ1) is 21.5. The van der Waals surface area contributed by atoms with Gasteiger partial charge in [-0.2, -0.15) is 0 Å². The van der Waals surface area contributed by atoms with Gasteiger partial charge in [0.05, 0.1) is 18.2 Å². The summed E-state index contributed by atoms with van der Waals surface area (Å²) in [6.45, 7) is 2.16. The van der Waals surface area contributed by atoms with Gasteiger partial charge in [-0.05, 0) is 70.7 Å². The summed E-state index contributed by atoms with van der Waals surface area (Å²) in [6, 6.07) is 10.6. The molecule has 0 saturated heterocycles. The zero-order valence-corrected chi connectivity index (χ0v) is 17.3. The van der Waals surface area contributed by atoms with E-state index in [1.165, 1.54) is 13.2 Å². The molecule has 0 fully saturated rings. The fraction of sp³-hybridized carbons (Fsp3) is 0.238. The molecule has 0 atom stereocenters. The van der Waals surface area contributed by atoms with E-state index in [4.69, 9.17) is 9.47 Å². The summed E-state index contributed by atoms with van der Waals surface area (Å²) in [5, 5.41) is 12.6. The molecule has 0 aliphatic rings. The molecule has 0 aliphatic carbocycles. The molecule has 148 valence electrons. The van der Waals surface area contributed by atoms with Crippen LogP contribution in [0.3, 0.4) is 0 Å². The van der Waals surface area contributed by atoms with Crippen LogP contribution >= 0.6 is 15.9 Å². The number of aryl methyl sites for hydroxylation is 1. The molecule has 2 aromatic rings. The first-order chi connectivity index (χ1) is 13.4. The van der Waals surface area contributed by atoms with E-state index in [2.05, 4.69) is 21.2 Å². The average molecular weight is 448 g/mol. The number of nitrogens with one attached hydrogen (secondary N) is 1. The summed E-state index contributed by atoms with van der Waals surface area (Å²) in [6.07, 6.45) is 3.93. The van der Waals surface area contributed by atoms with Gasteiger partial charge in [0.15, 0.2) is 11.5 Å². The number of rotatable bonds is 8. The molecule has 2 aromatic carbocycles. The fourth-order valence-electron chi connectivity index (χ4n) is 2.44. The number of hydrogen-bond donors (Lipinski definition) is 2. The number of benzene rings is 2. The largest absolute Gasteiger partial charge is 0.503 e. The lowest BCUT2D eigenvalue weighted by Gasteiger charge is -2.07. The fourth-order valence-corrected chi connectivity index (χ4v) is 2.90. The van der Waals surface area contributed by atoms with Crippen molar-refractivity contribution in [3.05, 3.63) is 58.1 Å². The Morgan fingerprint density at radius 2 is 1.93 bits per heavy atom. The Kier molecular flexibility index (Phi) is 8.07. The number of methoxy groups -OCH3 is 1. The summed E-state index contributed by atoms with van der Waals surface area (Å²) in [7, 11) is 1.46. The second-order valence-electron chi connectivity index (χ2n) is 5.88. The van der Waals surface area contributed by atoms with Crippen LogP contribution in [0.1, 0.15) is 24.5 Å². The third kappa shape index (κ3) is 6.42. The van der Waals surface area contributed by atoms with Crippen molar-refractivity contribution in [1.29, 1.82) is 0 Å². The number of ether oxygens (including phenoxy) is 2. The van der Waals surface area contributed by atoms with E-state index in [-0.39, 0.29) is 17.6 Å². The van der Waals surface area contributed by atoms with Gasteiger partial charge in [-0.3, -0.25) is 9.59 Å². The Hall–Kier alpha value is -2.80. The Balaban J connectivity index is 1.93. The lowest BCUT2D eigenvalue weighted by Crippen LogP contribution is -2.08. The molecule has 1 amide bonds. The van der Waals surface area contributed by atoms with Gasteiger partial charge in [0.1, 0.15) is 0 Å². The normalized spacial score (nSPS) is 10.7. The van der Waals surface area contributed by atoms with E-state index < -0.39 is 0 Å². The van der Waals surface area contributed by atoms with Gasteiger partial charge in [0, 0.05) is 18.2 Å². The average Bonchev–Trinajstić information content (AvgIpc) is 2.68. The molecule has 0 saturated carbocycles. The zero-order valence-electron chi connectivity index (χ0n) is 15.7. The van der Waals surface area contributed by atoms with E-state index in [1.54, 1.807) is 37.3 Å². The van der Waals surface area contributed by atoms with Crippen molar-refractivity contribution in [3.8, 4) is 11.5 Å². The van der Waals surface area contributed by atoms with Gasteiger partial charge in [0.2, 0.25) is 5.91 Å². The van der Waals surface area contributed by atoms with Gasteiger partial charge < -0.3 is 19.9 Å². The van der Waals surface area contributed by atoms with Crippen LogP contribution in [0.25, 0.3) is 6.08 Å². The minimum absolute atomic E-state index is 0.00662. The predicted octanol–water partition coefficient (Wildman–Crippen LogP) is 4.31. The van der Waals surface area contributed by atoms with E-state index in [1.807, 2.05) is 12.1 Å². The van der Waals surface area contributed by atoms with E-state index in [0.717, 1.165) is 5.56 Å². The number of phenolic OH excluding ortho intramolecular Hbond substituents is 1. The molecule has 2 rings (SSSR count). The first-order valence-electron chi connectivity index (χ1n) is 8.73. The second kappa shape index (κ2) is 10.5. The SMILES string of the molecule is CCOC(=O)CCc1ccc(NC(=O)/C=C/c2cc(Br)c(O)c(OC)c2)cc1. The van der Waals surface area contributed by atoms with Gasteiger partial charge in [-0.15, -0.1) is 0 Å². The van der Waals surface area contributed by atoms with Crippen LogP contribution in [0, 0.1) is 0 Å². The molecule has 0 aromatic heterocycles. The number of hydrogen-bond acceptors (Lipinski definition) is 5. The number of amides is 1. The van der Waals surface area contributed by atoms with Crippen molar-refractivity contribution < 1.29 is 24.2 Å². The third-order valence-corrected chi connectivity index (χ3v) is 4.45. The van der Waals surface area contributed by atoms with E-state index in [9.17, 15) is 14.7 Å². The van der Waals surface area contributed by atoms with Crippen molar-refractivity contribution in [2.45, 2.75) is 19.8 Å². The number of halogens is 1. The Labute approximate surface area is 172 Å². The number of carbonyl (C=O) groups excluding carboxylic acids is 2. The smallest absolute Gasteiger partial charge is 0.306 e. The Morgan fingerprint density at radius 1 is 1.21 bits per heavy atom. The van der Waals surface area contributed by atoms with Gasteiger partial charge in [0.25, 0.3) is 0 Å². The Morgan fingerprint density at radius 3 is 2.57 bits per heavy atom. The molecule has 0 spiro atoms. The highest BCUT2D eigenvalue weighted by atomic mass is 79.9. The number of phenols is 1. The maximum Gasteiger partial charge on any atom is 0.306 e. The van der Waals surface area contributed by atoms with Crippen molar-refractivity contribution >= 4 is 39.6 Å². The maximum atomic E-state index is 12.1. The molecule has 2 N–H and O–H groups in total. The van der Waals surface area contributed by atoms with Crippen molar-refractivity contribution in [1.82, 2.24) is 0 Å². The van der Waals surface area contributed by atoms with Gasteiger partial charge in [-0.25, -0.2) is 0 Å². The number of carbonyl (C=O) groups is 2. The van der Waals surface area contributed by atoms with Crippen LogP contribution in [-0.2, 0) is 20.7 Å². The van der Waals surface area contributed by atoms with Crippen molar-refractivity contribution in [3.63, 3.8) is 0 Å². The molecular weight excluding hydrogens is 426 g/mol. The molecule has 0 heterocycles. The van der Waals surface area contributed by atoms with Crippen molar-refractivity contribution in [2.24, 2.45) is 0 Å². The van der Waals surface area contributed by atoms with Gasteiger partial charge >= 0.3 is 5.97 Å². The third-order valence-electron chi connectivity index (χ3n) is 3.84. The maximum absolute atomic E-state index is 12.1. The number of anilines is 1. The number of aromatic hydroxyl groups is 1. The lowest BCUT2D eigenvalue weighted by atomic mass is 10.1. The second-order valence-corrected chi connectivity index (χ2v) is 6.73.